The molecule has 1 saturated heterocycles. The quantitative estimate of drug-likeness (QED) is 0.601. The Morgan fingerprint density at radius 3 is 2.83 bits per heavy atom. The maximum atomic E-state index is 11.8. The molecule has 8 heteroatoms. The van der Waals surface area contributed by atoms with E-state index in [0.29, 0.717) is 13.1 Å². The molecule has 7 nitrogen and oxygen atoms in total. The molecule has 0 aliphatic carbocycles. The SMILES string of the molecule is O=S(=O)(CCN1CCNCC1)NCc1cn[nH]c1. The molecule has 1 aliphatic heterocycles. The first-order valence-electron chi connectivity index (χ1n) is 6.04. The summed E-state index contributed by atoms with van der Waals surface area (Å²) in [7, 11) is -3.21. The van der Waals surface area contributed by atoms with Crippen molar-refractivity contribution < 1.29 is 8.42 Å². The Morgan fingerprint density at radius 1 is 1.39 bits per heavy atom. The minimum Gasteiger partial charge on any atom is -0.314 e. The lowest BCUT2D eigenvalue weighted by molar-refractivity contribution is 0.253. The number of aromatic amines is 1. The van der Waals surface area contributed by atoms with Crippen molar-refractivity contribution in [2.24, 2.45) is 0 Å². The van der Waals surface area contributed by atoms with Crippen LogP contribution < -0.4 is 10.0 Å². The zero-order chi connectivity index (χ0) is 12.8. The molecule has 0 amide bonds. The highest BCUT2D eigenvalue weighted by Crippen LogP contribution is 1.97. The Balaban J connectivity index is 1.73. The van der Waals surface area contributed by atoms with E-state index in [4.69, 9.17) is 0 Å². The van der Waals surface area contributed by atoms with Gasteiger partial charge in [0, 0.05) is 51.0 Å². The van der Waals surface area contributed by atoms with Crippen molar-refractivity contribution in [2.45, 2.75) is 6.54 Å². The summed E-state index contributed by atoms with van der Waals surface area (Å²) >= 11 is 0. The molecule has 0 aromatic carbocycles. The first-order chi connectivity index (χ1) is 8.66. The third-order valence-electron chi connectivity index (χ3n) is 2.94. The van der Waals surface area contributed by atoms with E-state index in [-0.39, 0.29) is 5.75 Å². The van der Waals surface area contributed by atoms with Crippen LogP contribution in [-0.2, 0) is 16.6 Å². The van der Waals surface area contributed by atoms with Gasteiger partial charge in [-0.15, -0.1) is 0 Å². The molecule has 0 spiro atoms. The van der Waals surface area contributed by atoms with Gasteiger partial charge in [-0.25, -0.2) is 13.1 Å². The molecule has 2 heterocycles. The molecule has 2 rings (SSSR count). The van der Waals surface area contributed by atoms with Gasteiger partial charge >= 0.3 is 0 Å². The van der Waals surface area contributed by atoms with Crippen LogP contribution in [0.1, 0.15) is 5.56 Å². The molecule has 0 bridgehead atoms. The van der Waals surface area contributed by atoms with E-state index < -0.39 is 10.0 Å². The number of rotatable bonds is 6. The van der Waals surface area contributed by atoms with Crippen LogP contribution in [0.3, 0.4) is 0 Å². The van der Waals surface area contributed by atoms with Crippen LogP contribution >= 0.6 is 0 Å². The lowest BCUT2D eigenvalue weighted by Crippen LogP contribution is -2.45. The number of piperazine rings is 1. The van der Waals surface area contributed by atoms with Crippen molar-refractivity contribution >= 4 is 10.0 Å². The molecular weight excluding hydrogens is 254 g/mol. The van der Waals surface area contributed by atoms with Crippen LogP contribution in [0.25, 0.3) is 0 Å². The molecule has 0 atom stereocenters. The van der Waals surface area contributed by atoms with Gasteiger partial charge in [-0.3, -0.25) is 10.00 Å². The normalized spacial score (nSPS) is 18.0. The zero-order valence-corrected chi connectivity index (χ0v) is 11.0. The Morgan fingerprint density at radius 2 is 2.17 bits per heavy atom. The third kappa shape index (κ3) is 4.37. The maximum Gasteiger partial charge on any atom is 0.213 e. The molecule has 0 radical (unpaired) electrons. The van der Waals surface area contributed by atoms with E-state index in [1.807, 2.05) is 0 Å². The topological polar surface area (TPSA) is 90.1 Å². The average molecular weight is 273 g/mol. The Bertz CT molecular complexity index is 439. The van der Waals surface area contributed by atoms with Gasteiger partial charge in [-0.05, 0) is 0 Å². The monoisotopic (exact) mass is 273 g/mol. The maximum absolute atomic E-state index is 11.8. The van der Waals surface area contributed by atoms with Crippen molar-refractivity contribution in [3.63, 3.8) is 0 Å². The molecule has 3 N–H and O–H groups in total. The van der Waals surface area contributed by atoms with E-state index in [0.717, 1.165) is 31.7 Å². The van der Waals surface area contributed by atoms with E-state index in [9.17, 15) is 8.42 Å². The molecule has 1 aliphatic rings. The number of H-pyrrole nitrogens is 1. The predicted molar refractivity (Wildman–Crippen MR) is 68.5 cm³/mol. The summed E-state index contributed by atoms with van der Waals surface area (Å²) in [6, 6.07) is 0. The van der Waals surface area contributed by atoms with E-state index in [1.165, 1.54) is 0 Å². The summed E-state index contributed by atoms with van der Waals surface area (Å²) in [5.41, 5.74) is 0.834. The fraction of sp³-hybridized carbons (Fsp3) is 0.700. The molecular formula is C10H19N5O2S. The van der Waals surface area contributed by atoms with Gasteiger partial charge in [0.25, 0.3) is 0 Å². The van der Waals surface area contributed by atoms with Crippen molar-refractivity contribution in [3.8, 4) is 0 Å². The fourth-order valence-electron chi connectivity index (χ4n) is 1.82. The zero-order valence-electron chi connectivity index (χ0n) is 10.2. The molecule has 1 aromatic heterocycles. The molecule has 102 valence electrons. The first-order valence-corrected chi connectivity index (χ1v) is 7.69. The van der Waals surface area contributed by atoms with E-state index >= 15 is 0 Å². The highest BCUT2D eigenvalue weighted by atomic mass is 32.2. The van der Waals surface area contributed by atoms with Crippen LogP contribution in [0.4, 0.5) is 0 Å². The standard InChI is InChI=1S/C10H19N5O2S/c16-18(17,14-9-10-7-12-13-8-10)6-5-15-3-1-11-2-4-15/h7-8,11,14H,1-6,9H2,(H,12,13). The van der Waals surface area contributed by atoms with Gasteiger partial charge < -0.3 is 5.32 Å². The van der Waals surface area contributed by atoms with Gasteiger partial charge in [-0.1, -0.05) is 0 Å². The van der Waals surface area contributed by atoms with Gasteiger partial charge in [0.2, 0.25) is 10.0 Å². The number of hydrogen-bond acceptors (Lipinski definition) is 5. The van der Waals surface area contributed by atoms with E-state index in [2.05, 4.69) is 25.1 Å². The fourth-order valence-corrected chi connectivity index (χ4v) is 2.85. The Hall–Kier alpha value is -0.960. The Labute approximate surface area is 107 Å². The number of sulfonamides is 1. The molecule has 0 unspecified atom stereocenters. The summed E-state index contributed by atoms with van der Waals surface area (Å²) in [4.78, 5) is 2.16. The van der Waals surface area contributed by atoms with Crippen molar-refractivity contribution in [1.82, 2.24) is 25.1 Å². The number of nitrogens with one attached hydrogen (secondary N) is 3. The average Bonchev–Trinajstić information content (AvgIpc) is 2.89. The number of hydrogen-bond donors (Lipinski definition) is 3. The van der Waals surface area contributed by atoms with Crippen LogP contribution in [-0.4, -0.2) is 62.0 Å². The Kier molecular flexibility index (Phi) is 4.70. The third-order valence-corrected chi connectivity index (χ3v) is 4.24. The second kappa shape index (κ2) is 6.28. The number of nitrogens with zero attached hydrogens (tertiary/aromatic N) is 2. The van der Waals surface area contributed by atoms with Crippen molar-refractivity contribution in [1.29, 1.82) is 0 Å². The summed E-state index contributed by atoms with van der Waals surface area (Å²) in [6.45, 7) is 4.57. The van der Waals surface area contributed by atoms with Gasteiger partial charge in [0.1, 0.15) is 0 Å². The summed E-state index contributed by atoms with van der Waals surface area (Å²) < 4.78 is 26.1. The largest absolute Gasteiger partial charge is 0.314 e. The smallest absolute Gasteiger partial charge is 0.213 e. The lowest BCUT2D eigenvalue weighted by Gasteiger charge is -2.26. The van der Waals surface area contributed by atoms with Gasteiger partial charge in [-0.2, -0.15) is 5.10 Å². The van der Waals surface area contributed by atoms with Crippen LogP contribution in [0.2, 0.25) is 0 Å². The summed E-state index contributed by atoms with van der Waals surface area (Å²) in [5.74, 6) is 0.144. The van der Waals surface area contributed by atoms with Crippen LogP contribution in [0, 0.1) is 0 Å². The summed E-state index contributed by atoms with van der Waals surface area (Å²) in [6.07, 6.45) is 3.29. The van der Waals surface area contributed by atoms with Crippen LogP contribution in [0.15, 0.2) is 12.4 Å². The van der Waals surface area contributed by atoms with Crippen LogP contribution in [0.5, 0.6) is 0 Å². The van der Waals surface area contributed by atoms with Gasteiger partial charge in [0.05, 0.1) is 11.9 Å². The molecule has 18 heavy (non-hydrogen) atoms. The highest BCUT2D eigenvalue weighted by molar-refractivity contribution is 7.89. The molecule has 1 aromatic rings. The van der Waals surface area contributed by atoms with Crippen molar-refractivity contribution in [2.75, 3.05) is 38.5 Å². The number of aromatic nitrogens is 2. The second-order valence-corrected chi connectivity index (χ2v) is 6.26. The van der Waals surface area contributed by atoms with Crippen molar-refractivity contribution in [3.05, 3.63) is 18.0 Å². The summed E-state index contributed by atoms with van der Waals surface area (Å²) in [5, 5.41) is 9.66. The molecule has 1 fully saturated rings. The molecule has 0 saturated carbocycles. The second-order valence-electron chi connectivity index (χ2n) is 4.34. The van der Waals surface area contributed by atoms with E-state index in [1.54, 1.807) is 12.4 Å². The predicted octanol–water partition coefficient (Wildman–Crippen LogP) is -1.27. The minimum atomic E-state index is -3.21. The lowest BCUT2D eigenvalue weighted by atomic mass is 10.4. The van der Waals surface area contributed by atoms with Gasteiger partial charge in [0.15, 0.2) is 0 Å². The highest BCUT2D eigenvalue weighted by Gasteiger charge is 2.15. The minimum absolute atomic E-state index is 0.144. The first kappa shape index (κ1) is 13.5.